The number of likely N-dealkylation sites (tertiary alicyclic amines) is 1. The van der Waals surface area contributed by atoms with Crippen LogP contribution in [0.15, 0.2) is 23.2 Å². The zero-order valence-corrected chi connectivity index (χ0v) is 11.7. The lowest BCUT2D eigenvalue weighted by Gasteiger charge is -2.13. The fourth-order valence-corrected chi connectivity index (χ4v) is 3.07. The molecule has 1 aliphatic rings. The van der Waals surface area contributed by atoms with Gasteiger partial charge in [-0.25, -0.2) is 9.78 Å². The Morgan fingerprint density at radius 2 is 2.30 bits per heavy atom. The third-order valence-corrected chi connectivity index (χ3v) is 4.06. The molecule has 2 rings (SSSR count). The number of aromatic nitrogens is 1. The quantitative estimate of drug-likeness (QED) is 0.826. The Kier molecular flexibility index (Phi) is 4.39. The standard InChI is InChI=1S/C13H14N2O4S/c1-2-5-15-11(16)7-10(12(15)17)20-8-3-4-14-9(6-8)13(18)19/h3-4,6,10H,2,5,7H2,1H3,(H,18,19). The molecule has 1 saturated heterocycles. The van der Waals surface area contributed by atoms with Crippen molar-refractivity contribution in [1.82, 2.24) is 9.88 Å². The van der Waals surface area contributed by atoms with Gasteiger partial charge in [0.25, 0.3) is 0 Å². The average Bonchev–Trinajstić information content (AvgIpc) is 2.67. The lowest BCUT2D eigenvalue weighted by atomic mass is 10.3. The number of imide groups is 1. The van der Waals surface area contributed by atoms with Crippen LogP contribution in [0.3, 0.4) is 0 Å². The fourth-order valence-electron chi connectivity index (χ4n) is 1.97. The van der Waals surface area contributed by atoms with Gasteiger partial charge >= 0.3 is 5.97 Å². The van der Waals surface area contributed by atoms with Crippen LogP contribution in [0.4, 0.5) is 0 Å². The summed E-state index contributed by atoms with van der Waals surface area (Å²) >= 11 is 1.21. The molecule has 0 bridgehead atoms. The van der Waals surface area contributed by atoms with Gasteiger partial charge in [-0.1, -0.05) is 6.92 Å². The molecule has 0 spiro atoms. The van der Waals surface area contributed by atoms with Gasteiger partial charge in [-0.15, -0.1) is 11.8 Å². The number of thioether (sulfide) groups is 1. The number of nitrogens with zero attached hydrogens (tertiary/aromatic N) is 2. The topological polar surface area (TPSA) is 87.6 Å². The van der Waals surface area contributed by atoms with E-state index in [2.05, 4.69) is 4.98 Å². The SMILES string of the molecule is CCCN1C(=O)CC(Sc2ccnc(C(=O)O)c2)C1=O. The molecule has 1 atom stereocenters. The van der Waals surface area contributed by atoms with Gasteiger partial charge < -0.3 is 5.11 Å². The minimum atomic E-state index is -1.12. The van der Waals surface area contributed by atoms with E-state index in [4.69, 9.17) is 5.11 Å². The molecule has 1 unspecified atom stereocenters. The van der Waals surface area contributed by atoms with Gasteiger partial charge in [0.2, 0.25) is 11.8 Å². The lowest BCUT2D eigenvalue weighted by Crippen LogP contribution is -2.31. The first-order chi connectivity index (χ1) is 9.52. The van der Waals surface area contributed by atoms with Crippen molar-refractivity contribution in [3.63, 3.8) is 0 Å². The minimum absolute atomic E-state index is 0.0720. The van der Waals surface area contributed by atoms with E-state index in [9.17, 15) is 14.4 Å². The summed E-state index contributed by atoms with van der Waals surface area (Å²) in [4.78, 5) is 40.3. The number of rotatable bonds is 5. The summed E-state index contributed by atoms with van der Waals surface area (Å²) < 4.78 is 0. The van der Waals surface area contributed by atoms with Gasteiger partial charge in [-0.2, -0.15) is 0 Å². The Hall–Kier alpha value is -1.89. The smallest absolute Gasteiger partial charge is 0.354 e. The molecule has 1 aromatic rings. The summed E-state index contributed by atoms with van der Waals surface area (Å²) in [6.45, 7) is 2.34. The number of carboxylic acids is 1. The molecule has 6 nitrogen and oxygen atoms in total. The second-order valence-electron chi connectivity index (χ2n) is 4.38. The summed E-state index contributed by atoms with van der Waals surface area (Å²) in [6.07, 6.45) is 2.28. The molecular weight excluding hydrogens is 280 g/mol. The van der Waals surface area contributed by atoms with E-state index in [-0.39, 0.29) is 23.9 Å². The van der Waals surface area contributed by atoms with Crippen molar-refractivity contribution >= 4 is 29.5 Å². The molecule has 1 aliphatic heterocycles. The highest BCUT2D eigenvalue weighted by Crippen LogP contribution is 2.31. The predicted octanol–water partition coefficient (Wildman–Crippen LogP) is 1.41. The average molecular weight is 294 g/mol. The van der Waals surface area contributed by atoms with E-state index in [0.717, 1.165) is 6.42 Å². The lowest BCUT2D eigenvalue weighted by molar-refractivity contribution is -0.138. The Labute approximate surface area is 120 Å². The largest absolute Gasteiger partial charge is 0.477 e. The molecule has 2 amide bonds. The van der Waals surface area contributed by atoms with Crippen LogP contribution in [0.25, 0.3) is 0 Å². The van der Waals surface area contributed by atoms with E-state index in [0.29, 0.717) is 11.4 Å². The zero-order valence-electron chi connectivity index (χ0n) is 10.9. The summed E-state index contributed by atoms with van der Waals surface area (Å²) in [5, 5.41) is 8.40. The maximum absolute atomic E-state index is 12.1. The van der Waals surface area contributed by atoms with E-state index in [1.807, 2.05) is 6.92 Å². The van der Waals surface area contributed by atoms with Gasteiger partial charge in [0.15, 0.2) is 0 Å². The number of carbonyl (C=O) groups excluding carboxylic acids is 2. The Bertz CT molecular complexity index is 561. The van der Waals surface area contributed by atoms with Gasteiger partial charge in [0.1, 0.15) is 5.69 Å². The van der Waals surface area contributed by atoms with Crippen molar-refractivity contribution in [2.45, 2.75) is 29.9 Å². The normalized spacial score (nSPS) is 18.6. The van der Waals surface area contributed by atoms with Crippen LogP contribution in [0.2, 0.25) is 0 Å². The number of hydrogen-bond donors (Lipinski definition) is 1. The molecule has 1 fully saturated rings. The van der Waals surface area contributed by atoms with Crippen molar-refractivity contribution in [3.05, 3.63) is 24.0 Å². The molecular formula is C13H14N2O4S. The van der Waals surface area contributed by atoms with E-state index in [1.54, 1.807) is 6.07 Å². The number of pyridine rings is 1. The molecule has 20 heavy (non-hydrogen) atoms. The van der Waals surface area contributed by atoms with Crippen molar-refractivity contribution in [2.24, 2.45) is 0 Å². The molecule has 0 radical (unpaired) electrons. The van der Waals surface area contributed by atoms with Crippen LogP contribution in [0, 0.1) is 0 Å². The first kappa shape index (κ1) is 14.5. The van der Waals surface area contributed by atoms with Crippen LogP contribution in [-0.2, 0) is 9.59 Å². The molecule has 0 aromatic carbocycles. The van der Waals surface area contributed by atoms with Gasteiger partial charge in [-0.05, 0) is 18.6 Å². The molecule has 2 heterocycles. The molecule has 1 N–H and O–H groups in total. The maximum atomic E-state index is 12.1. The number of carbonyl (C=O) groups is 3. The first-order valence-electron chi connectivity index (χ1n) is 6.23. The van der Waals surface area contributed by atoms with Crippen LogP contribution in [0.1, 0.15) is 30.3 Å². The summed E-state index contributed by atoms with van der Waals surface area (Å²) in [6, 6.07) is 3.05. The third-order valence-electron chi connectivity index (χ3n) is 2.88. The fraction of sp³-hybridized carbons (Fsp3) is 0.385. The zero-order chi connectivity index (χ0) is 14.7. The number of carboxylic acid groups (broad SMARTS) is 1. The van der Waals surface area contributed by atoms with Gasteiger partial charge in [0.05, 0.1) is 5.25 Å². The number of hydrogen-bond acceptors (Lipinski definition) is 5. The molecule has 1 aromatic heterocycles. The molecule has 106 valence electrons. The number of aromatic carboxylic acids is 1. The first-order valence-corrected chi connectivity index (χ1v) is 7.11. The summed E-state index contributed by atoms with van der Waals surface area (Å²) in [7, 11) is 0. The second kappa shape index (κ2) is 6.04. The van der Waals surface area contributed by atoms with Crippen molar-refractivity contribution in [3.8, 4) is 0 Å². The van der Waals surface area contributed by atoms with Crippen molar-refractivity contribution < 1.29 is 19.5 Å². The third kappa shape index (κ3) is 2.98. The Morgan fingerprint density at radius 3 is 2.95 bits per heavy atom. The highest BCUT2D eigenvalue weighted by molar-refractivity contribution is 8.00. The van der Waals surface area contributed by atoms with Crippen LogP contribution >= 0.6 is 11.8 Å². The highest BCUT2D eigenvalue weighted by Gasteiger charge is 2.38. The van der Waals surface area contributed by atoms with Gasteiger partial charge in [0, 0.05) is 24.1 Å². The highest BCUT2D eigenvalue weighted by atomic mass is 32.2. The monoisotopic (exact) mass is 294 g/mol. The maximum Gasteiger partial charge on any atom is 0.354 e. The number of amides is 2. The molecule has 0 saturated carbocycles. The van der Waals surface area contributed by atoms with E-state index >= 15 is 0 Å². The minimum Gasteiger partial charge on any atom is -0.477 e. The summed E-state index contributed by atoms with van der Waals surface area (Å²) in [5.74, 6) is -1.48. The van der Waals surface area contributed by atoms with Crippen molar-refractivity contribution in [2.75, 3.05) is 6.54 Å². The van der Waals surface area contributed by atoms with Crippen LogP contribution in [-0.4, -0.2) is 44.6 Å². The van der Waals surface area contributed by atoms with Crippen LogP contribution in [0.5, 0.6) is 0 Å². The Morgan fingerprint density at radius 1 is 1.55 bits per heavy atom. The van der Waals surface area contributed by atoms with E-state index < -0.39 is 11.2 Å². The van der Waals surface area contributed by atoms with Gasteiger partial charge in [-0.3, -0.25) is 14.5 Å². The Balaban J connectivity index is 2.11. The second-order valence-corrected chi connectivity index (χ2v) is 5.65. The predicted molar refractivity (Wildman–Crippen MR) is 72.5 cm³/mol. The molecule has 0 aliphatic carbocycles. The molecule has 7 heteroatoms. The van der Waals surface area contributed by atoms with E-state index in [1.165, 1.54) is 28.9 Å². The summed E-state index contributed by atoms with van der Waals surface area (Å²) in [5.41, 5.74) is -0.0720. The van der Waals surface area contributed by atoms with Crippen molar-refractivity contribution in [1.29, 1.82) is 0 Å². The van der Waals surface area contributed by atoms with Crippen LogP contribution < -0.4 is 0 Å².